The number of Topliss-reactive ketones (excluding diaryl/α,β-unsaturated/α-hetero) is 1. The maximum atomic E-state index is 16.1. The number of rotatable bonds is 8. The molecule has 1 N–H and O–H groups in total. The molecule has 10 heteroatoms. The molecule has 0 aromatic carbocycles. The van der Waals surface area contributed by atoms with Gasteiger partial charge in [-0.3, -0.25) is 19.6 Å². The van der Waals surface area contributed by atoms with Crippen LogP contribution >= 0.6 is 11.8 Å². The topological polar surface area (TPSA) is 87.7 Å². The van der Waals surface area contributed by atoms with Crippen molar-refractivity contribution >= 4 is 23.5 Å². The SMILES string of the molecule is O=C(NCCN1CCCC1)C1=CN2C3CC4CCCCC4CC3OC3C(SCCc4cnccn4)C(F)CC(C1=O)C32. The highest BCUT2D eigenvalue weighted by molar-refractivity contribution is 8.00. The highest BCUT2D eigenvalue weighted by Crippen LogP contribution is 2.51. The molecule has 3 aliphatic carbocycles. The van der Waals surface area contributed by atoms with Gasteiger partial charge in [-0.25, -0.2) is 4.39 Å². The molecule has 228 valence electrons. The van der Waals surface area contributed by atoms with Crippen LogP contribution in [0.25, 0.3) is 0 Å². The fourth-order valence-electron chi connectivity index (χ4n) is 8.80. The van der Waals surface area contributed by atoms with Gasteiger partial charge in [0.1, 0.15) is 6.17 Å². The van der Waals surface area contributed by atoms with Gasteiger partial charge in [-0.05, 0) is 62.8 Å². The highest BCUT2D eigenvalue weighted by Gasteiger charge is 2.59. The average Bonchev–Trinajstić information content (AvgIpc) is 3.53. The van der Waals surface area contributed by atoms with Gasteiger partial charge in [-0.2, -0.15) is 11.8 Å². The molecule has 42 heavy (non-hydrogen) atoms. The lowest BCUT2D eigenvalue weighted by Crippen LogP contribution is -2.71. The Hall–Kier alpha value is -2.04. The maximum absolute atomic E-state index is 16.1. The third-order valence-corrected chi connectivity index (χ3v) is 12.3. The second kappa shape index (κ2) is 12.5. The van der Waals surface area contributed by atoms with E-state index in [4.69, 9.17) is 4.74 Å². The zero-order valence-corrected chi connectivity index (χ0v) is 25.2. The summed E-state index contributed by atoms with van der Waals surface area (Å²) in [6.45, 7) is 3.46. The number of nitrogens with zero attached hydrogens (tertiary/aromatic N) is 4. The van der Waals surface area contributed by atoms with E-state index in [9.17, 15) is 9.59 Å². The van der Waals surface area contributed by atoms with E-state index in [1.54, 1.807) is 30.4 Å². The number of morpholine rings is 1. The lowest BCUT2D eigenvalue weighted by atomic mass is 9.65. The monoisotopic (exact) mass is 597 g/mol. The molecule has 8 nitrogen and oxygen atoms in total. The molecule has 3 saturated carbocycles. The van der Waals surface area contributed by atoms with E-state index in [0.717, 1.165) is 38.2 Å². The number of amides is 1. The van der Waals surface area contributed by atoms with Crippen molar-refractivity contribution in [2.24, 2.45) is 17.8 Å². The summed E-state index contributed by atoms with van der Waals surface area (Å²) in [7, 11) is 0. The quantitative estimate of drug-likeness (QED) is 0.456. The zero-order chi connectivity index (χ0) is 28.6. The fourth-order valence-corrected chi connectivity index (χ4v) is 10.1. The minimum absolute atomic E-state index is 0.00331. The standard InChI is InChI=1S/C32H44FN5O3S/c33-25-17-23-28-30(31(25)42-14-7-22-18-34-8-9-35-22)41-27-16-21-6-2-1-5-20(21)15-26(27)38(28)19-24(29(23)39)32(40)36-10-13-37-11-3-4-12-37/h8-9,18-21,23,25-28,30-31H,1-7,10-17H2,(H,36,40). The van der Waals surface area contributed by atoms with Crippen molar-refractivity contribution in [3.8, 4) is 0 Å². The first-order chi connectivity index (χ1) is 20.6. The van der Waals surface area contributed by atoms with Gasteiger partial charge in [0, 0.05) is 50.2 Å². The van der Waals surface area contributed by atoms with Gasteiger partial charge in [-0.15, -0.1) is 0 Å². The Balaban J connectivity index is 1.13. The third kappa shape index (κ3) is 5.63. The molecule has 4 heterocycles. The number of ketones is 1. The molecule has 2 saturated heterocycles. The molecule has 6 aliphatic rings. The number of aryl methyl sites for hydroxylation is 1. The summed E-state index contributed by atoms with van der Waals surface area (Å²) in [4.78, 5) is 40.5. The van der Waals surface area contributed by atoms with E-state index in [1.165, 1.54) is 38.5 Å². The number of hydrogen-bond acceptors (Lipinski definition) is 8. The van der Waals surface area contributed by atoms with E-state index in [2.05, 4.69) is 25.1 Å². The molecule has 0 spiro atoms. The Bertz CT molecular complexity index is 1170. The van der Waals surface area contributed by atoms with E-state index in [1.807, 2.05) is 6.20 Å². The van der Waals surface area contributed by atoms with Crippen molar-refractivity contribution in [1.82, 2.24) is 25.1 Å². The van der Waals surface area contributed by atoms with Crippen LogP contribution in [-0.4, -0.2) is 99.1 Å². The fraction of sp³-hybridized carbons (Fsp3) is 0.750. The van der Waals surface area contributed by atoms with Gasteiger partial charge in [0.15, 0.2) is 5.78 Å². The molecule has 3 aliphatic heterocycles. The minimum Gasteiger partial charge on any atom is -0.369 e. The predicted octanol–water partition coefficient (Wildman–Crippen LogP) is 3.56. The molecule has 0 radical (unpaired) electrons. The molecular weight excluding hydrogens is 553 g/mol. The van der Waals surface area contributed by atoms with Gasteiger partial charge in [0.05, 0.1) is 40.8 Å². The van der Waals surface area contributed by atoms with Crippen LogP contribution in [-0.2, 0) is 20.7 Å². The number of fused-ring (bicyclic) bond motifs is 3. The van der Waals surface area contributed by atoms with Crippen LogP contribution in [0.15, 0.2) is 30.4 Å². The van der Waals surface area contributed by atoms with Gasteiger partial charge < -0.3 is 19.9 Å². The van der Waals surface area contributed by atoms with E-state index < -0.39 is 12.1 Å². The summed E-state index contributed by atoms with van der Waals surface area (Å²) in [6, 6.07) is -0.0870. The smallest absolute Gasteiger partial charge is 0.256 e. The summed E-state index contributed by atoms with van der Waals surface area (Å²) in [5.74, 6) is 0.962. The van der Waals surface area contributed by atoms with E-state index >= 15 is 4.39 Å². The highest BCUT2D eigenvalue weighted by atomic mass is 32.2. The largest absolute Gasteiger partial charge is 0.369 e. The normalized spacial score (nSPS) is 37.8. The third-order valence-electron chi connectivity index (χ3n) is 10.9. The number of alkyl halides is 1. The van der Waals surface area contributed by atoms with Crippen molar-refractivity contribution in [3.63, 3.8) is 0 Å². The van der Waals surface area contributed by atoms with Gasteiger partial charge in [0.2, 0.25) is 0 Å². The van der Waals surface area contributed by atoms with Crippen LogP contribution in [0, 0.1) is 17.8 Å². The number of likely N-dealkylation sites (tertiary alicyclic amines) is 1. The maximum Gasteiger partial charge on any atom is 0.256 e. The van der Waals surface area contributed by atoms with Gasteiger partial charge in [0.25, 0.3) is 5.91 Å². The Labute approximate surface area is 252 Å². The number of aromatic nitrogens is 2. The van der Waals surface area contributed by atoms with Crippen LogP contribution in [0.2, 0.25) is 0 Å². The van der Waals surface area contributed by atoms with Crippen molar-refractivity contribution in [1.29, 1.82) is 0 Å². The van der Waals surface area contributed by atoms with Crippen molar-refractivity contribution in [2.45, 2.75) is 99.9 Å². The molecular formula is C32H44FN5O3S. The number of carbonyl (C=O) groups is 2. The van der Waals surface area contributed by atoms with Crippen molar-refractivity contribution < 1.29 is 18.7 Å². The number of hydrogen-bond donors (Lipinski definition) is 1. The predicted molar refractivity (Wildman–Crippen MR) is 160 cm³/mol. The lowest BCUT2D eigenvalue weighted by Gasteiger charge is -2.60. The van der Waals surface area contributed by atoms with Crippen LogP contribution in [0.1, 0.15) is 63.5 Å². The van der Waals surface area contributed by atoms with Crippen molar-refractivity contribution in [2.75, 3.05) is 31.9 Å². The van der Waals surface area contributed by atoms with Crippen LogP contribution in [0.4, 0.5) is 4.39 Å². The average molecular weight is 598 g/mol. The summed E-state index contributed by atoms with van der Waals surface area (Å²) in [5, 5.41) is 2.67. The second-order valence-electron chi connectivity index (χ2n) is 13.3. The van der Waals surface area contributed by atoms with Crippen LogP contribution < -0.4 is 5.32 Å². The van der Waals surface area contributed by atoms with Gasteiger partial charge in [-0.1, -0.05) is 25.7 Å². The Morgan fingerprint density at radius 3 is 2.69 bits per heavy atom. The summed E-state index contributed by atoms with van der Waals surface area (Å²) >= 11 is 1.61. The first-order valence-electron chi connectivity index (χ1n) is 16.3. The first-order valence-corrected chi connectivity index (χ1v) is 17.3. The number of halogens is 1. The van der Waals surface area contributed by atoms with Crippen molar-refractivity contribution in [3.05, 3.63) is 36.1 Å². The van der Waals surface area contributed by atoms with Crippen LogP contribution in [0.3, 0.4) is 0 Å². The molecule has 1 aromatic rings. The van der Waals surface area contributed by atoms with E-state index in [-0.39, 0.29) is 53.2 Å². The Kier molecular flexibility index (Phi) is 8.56. The zero-order valence-electron chi connectivity index (χ0n) is 24.4. The molecule has 1 aromatic heterocycles. The minimum atomic E-state index is -1.17. The molecule has 5 fully saturated rings. The van der Waals surface area contributed by atoms with E-state index in [0.29, 0.717) is 30.6 Å². The summed E-state index contributed by atoms with van der Waals surface area (Å²) < 4.78 is 23.0. The molecule has 0 bridgehead atoms. The Morgan fingerprint density at radius 1 is 1.10 bits per heavy atom. The molecule has 1 amide bonds. The lowest BCUT2D eigenvalue weighted by molar-refractivity contribution is -0.197. The first kappa shape index (κ1) is 28.7. The molecule has 9 unspecified atom stereocenters. The molecule has 7 rings (SSSR count). The summed E-state index contributed by atoms with van der Waals surface area (Å²) in [5.41, 5.74) is 1.11. The Morgan fingerprint density at radius 2 is 1.90 bits per heavy atom. The van der Waals surface area contributed by atoms with Crippen LogP contribution in [0.5, 0.6) is 0 Å². The van der Waals surface area contributed by atoms with Gasteiger partial charge >= 0.3 is 0 Å². The second-order valence-corrected chi connectivity index (χ2v) is 14.6. The number of carbonyl (C=O) groups excluding carboxylic acids is 2. The molecule has 9 atom stereocenters. The summed E-state index contributed by atoms with van der Waals surface area (Å²) in [6.07, 6.45) is 15.8. The number of nitrogens with one attached hydrogen (secondary N) is 1. The number of thioether (sulfide) groups is 1. The number of ether oxygens (including phenoxy) is 1.